The predicted octanol–water partition coefficient (Wildman–Crippen LogP) is 3.69. The Morgan fingerprint density at radius 3 is 2.33 bits per heavy atom. The van der Waals surface area contributed by atoms with E-state index in [4.69, 9.17) is 39.6 Å². The Bertz CT molecular complexity index is 447. The molecule has 0 amide bonds. The molecule has 0 unspecified atom stereocenters. The van der Waals surface area contributed by atoms with Crippen molar-refractivity contribution in [2.45, 2.75) is 0 Å². The van der Waals surface area contributed by atoms with Gasteiger partial charge in [-0.1, -0.05) is 34.8 Å². The highest BCUT2D eigenvalue weighted by Crippen LogP contribution is 2.35. The number of rotatable bonds is 2. The fourth-order valence-electron chi connectivity index (χ4n) is 1.02. The predicted molar refractivity (Wildman–Crippen MR) is 59.7 cm³/mol. The number of imidazole rings is 1. The minimum Gasteiger partial charge on any atom is -0.371 e. The first-order valence-corrected chi connectivity index (χ1v) is 5.11. The van der Waals surface area contributed by atoms with Crippen LogP contribution in [0.1, 0.15) is 0 Å². The summed E-state index contributed by atoms with van der Waals surface area (Å²) >= 11 is 17.6. The third-order valence-corrected chi connectivity index (χ3v) is 2.42. The fraction of sp³-hybridized carbons (Fsp3) is 0. The first-order chi connectivity index (χ1) is 7.16. The molecule has 0 saturated carbocycles. The average Bonchev–Trinajstić information content (AvgIpc) is 2.63. The summed E-state index contributed by atoms with van der Waals surface area (Å²) < 4.78 is 1.39. The summed E-state index contributed by atoms with van der Waals surface area (Å²) in [5, 5.41) is 1.16. The molecule has 0 aliphatic heterocycles. The van der Waals surface area contributed by atoms with Crippen LogP contribution in [-0.2, 0) is 0 Å². The lowest BCUT2D eigenvalue weighted by molar-refractivity contribution is 0.215. The highest BCUT2D eigenvalue weighted by atomic mass is 35.5. The van der Waals surface area contributed by atoms with E-state index >= 15 is 0 Å². The molecule has 15 heavy (non-hydrogen) atoms. The molecule has 0 fully saturated rings. The van der Waals surface area contributed by atoms with Crippen molar-refractivity contribution >= 4 is 34.8 Å². The van der Waals surface area contributed by atoms with Crippen LogP contribution < -0.4 is 4.84 Å². The Hall–Kier alpha value is -0.900. The van der Waals surface area contributed by atoms with E-state index in [2.05, 4.69) is 4.98 Å². The largest absolute Gasteiger partial charge is 0.371 e. The molecule has 2 rings (SSSR count). The molecule has 0 spiro atoms. The molecule has 0 radical (unpaired) electrons. The van der Waals surface area contributed by atoms with Crippen LogP contribution in [0.15, 0.2) is 30.9 Å². The van der Waals surface area contributed by atoms with Crippen molar-refractivity contribution in [1.82, 2.24) is 9.71 Å². The lowest BCUT2D eigenvalue weighted by Gasteiger charge is -2.08. The summed E-state index contributed by atoms with van der Waals surface area (Å²) in [4.78, 5) is 9.19. The molecule has 1 heterocycles. The molecular weight excluding hydrogens is 258 g/mol. The summed E-state index contributed by atoms with van der Waals surface area (Å²) in [6.07, 6.45) is 4.69. The van der Waals surface area contributed by atoms with Crippen molar-refractivity contribution in [2.75, 3.05) is 0 Å². The zero-order valence-corrected chi connectivity index (χ0v) is 9.59. The molecule has 1 aromatic heterocycles. The van der Waals surface area contributed by atoms with Crippen LogP contribution in [0.25, 0.3) is 0 Å². The molecule has 1 aromatic carbocycles. The zero-order valence-electron chi connectivity index (χ0n) is 7.32. The summed E-state index contributed by atoms with van der Waals surface area (Å²) in [5.41, 5.74) is 0. The smallest absolute Gasteiger partial charge is 0.193 e. The van der Waals surface area contributed by atoms with E-state index in [0.717, 1.165) is 0 Å². The van der Waals surface area contributed by atoms with Crippen LogP contribution in [0.4, 0.5) is 0 Å². The second-order valence-electron chi connectivity index (χ2n) is 2.71. The Morgan fingerprint density at radius 2 is 1.80 bits per heavy atom. The van der Waals surface area contributed by atoms with Gasteiger partial charge in [0, 0.05) is 11.2 Å². The molecule has 0 N–H and O–H groups in total. The maximum atomic E-state index is 5.92. The Kier molecular flexibility index (Phi) is 3.05. The number of hydrogen-bond donors (Lipinski definition) is 0. The quantitative estimate of drug-likeness (QED) is 0.826. The van der Waals surface area contributed by atoms with Crippen molar-refractivity contribution in [3.63, 3.8) is 0 Å². The van der Waals surface area contributed by atoms with E-state index in [1.807, 2.05) is 0 Å². The minimum atomic E-state index is 0.348. The number of hydrogen-bond acceptors (Lipinski definition) is 2. The SMILES string of the molecule is Clc1cc(Cl)c(On2ccnc2)c(Cl)c1. The second-order valence-corrected chi connectivity index (χ2v) is 3.96. The van der Waals surface area contributed by atoms with Crippen LogP contribution >= 0.6 is 34.8 Å². The zero-order chi connectivity index (χ0) is 10.8. The van der Waals surface area contributed by atoms with Crippen molar-refractivity contribution < 1.29 is 4.84 Å². The highest BCUT2D eigenvalue weighted by Gasteiger charge is 2.10. The van der Waals surface area contributed by atoms with Crippen LogP contribution in [0.5, 0.6) is 5.75 Å². The molecule has 2 aromatic rings. The number of halogens is 3. The van der Waals surface area contributed by atoms with E-state index in [0.29, 0.717) is 20.8 Å². The monoisotopic (exact) mass is 262 g/mol. The summed E-state index contributed by atoms with van der Waals surface area (Å²) in [5.74, 6) is 0.348. The van der Waals surface area contributed by atoms with Gasteiger partial charge in [0.1, 0.15) is 6.33 Å². The highest BCUT2D eigenvalue weighted by molar-refractivity contribution is 6.40. The van der Waals surface area contributed by atoms with Gasteiger partial charge in [-0.15, -0.1) is 0 Å². The van der Waals surface area contributed by atoms with E-state index < -0.39 is 0 Å². The van der Waals surface area contributed by atoms with Gasteiger partial charge in [-0.25, -0.2) is 4.98 Å². The molecule has 6 heteroatoms. The molecule has 3 nitrogen and oxygen atoms in total. The van der Waals surface area contributed by atoms with E-state index in [-0.39, 0.29) is 0 Å². The Morgan fingerprint density at radius 1 is 1.13 bits per heavy atom. The van der Waals surface area contributed by atoms with Gasteiger partial charge in [0.25, 0.3) is 0 Å². The maximum Gasteiger partial charge on any atom is 0.193 e. The Labute approximate surface area is 101 Å². The van der Waals surface area contributed by atoms with Crippen LogP contribution in [-0.4, -0.2) is 9.71 Å². The average molecular weight is 264 g/mol. The fourth-order valence-corrected chi connectivity index (χ4v) is 1.91. The van der Waals surface area contributed by atoms with Gasteiger partial charge >= 0.3 is 0 Å². The number of aromatic nitrogens is 2. The lowest BCUT2D eigenvalue weighted by atomic mass is 10.3. The van der Waals surface area contributed by atoms with Gasteiger partial charge in [-0.2, -0.15) is 4.73 Å². The standard InChI is InChI=1S/C9H5Cl3N2O/c10-6-3-7(11)9(8(12)4-6)15-14-2-1-13-5-14/h1-5H. The normalized spacial score (nSPS) is 10.3. The molecule has 78 valence electrons. The first-order valence-electron chi connectivity index (χ1n) is 3.97. The van der Waals surface area contributed by atoms with Crippen molar-refractivity contribution in [3.8, 4) is 5.75 Å². The molecule has 0 saturated heterocycles. The van der Waals surface area contributed by atoms with Crippen molar-refractivity contribution in [2.24, 2.45) is 0 Å². The molecule has 0 atom stereocenters. The third-order valence-electron chi connectivity index (χ3n) is 1.64. The van der Waals surface area contributed by atoms with Gasteiger partial charge in [0.05, 0.1) is 16.2 Å². The van der Waals surface area contributed by atoms with E-state index in [9.17, 15) is 0 Å². The topological polar surface area (TPSA) is 27.1 Å². The first kappa shape index (κ1) is 10.6. The van der Waals surface area contributed by atoms with E-state index in [1.54, 1.807) is 24.5 Å². The van der Waals surface area contributed by atoms with Crippen molar-refractivity contribution in [3.05, 3.63) is 45.9 Å². The summed E-state index contributed by atoms with van der Waals surface area (Å²) in [6.45, 7) is 0. The third kappa shape index (κ3) is 2.37. The minimum absolute atomic E-state index is 0.348. The van der Waals surface area contributed by atoms with Gasteiger partial charge in [0.2, 0.25) is 0 Å². The maximum absolute atomic E-state index is 5.92. The van der Waals surface area contributed by atoms with Crippen LogP contribution in [0, 0.1) is 0 Å². The van der Waals surface area contributed by atoms with E-state index in [1.165, 1.54) is 11.1 Å². The van der Waals surface area contributed by atoms with Gasteiger partial charge < -0.3 is 4.84 Å². The summed E-state index contributed by atoms with van der Waals surface area (Å²) in [7, 11) is 0. The molecular formula is C9H5Cl3N2O. The van der Waals surface area contributed by atoms with Crippen LogP contribution in [0.3, 0.4) is 0 Å². The van der Waals surface area contributed by atoms with Gasteiger partial charge in [0.15, 0.2) is 5.75 Å². The number of nitrogens with zero attached hydrogens (tertiary/aromatic N) is 2. The summed E-state index contributed by atoms with van der Waals surface area (Å²) in [6, 6.07) is 3.11. The van der Waals surface area contributed by atoms with Crippen LogP contribution in [0.2, 0.25) is 15.1 Å². The van der Waals surface area contributed by atoms with Crippen molar-refractivity contribution in [1.29, 1.82) is 0 Å². The molecule has 0 aliphatic rings. The second kappa shape index (κ2) is 4.31. The molecule has 0 aliphatic carbocycles. The lowest BCUT2D eigenvalue weighted by Crippen LogP contribution is -2.02. The Balaban J connectivity index is 2.36. The number of benzene rings is 1. The molecule has 0 bridgehead atoms. The van der Waals surface area contributed by atoms with Gasteiger partial charge in [-0.3, -0.25) is 0 Å². The van der Waals surface area contributed by atoms with Gasteiger partial charge in [-0.05, 0) is 12.1 Å².